The van der Waals surface area contributed by atoms with E-state index in [1.54, 1.807) is 22.6 Å². The lowest BCUT2D eigenvalue weighted by molar-refractivity contribution is -0.139. The molecule has 0 aliphatic rings. The van der Waals surface area contributed by atoms with Gasteiger partial charge in [-0.3, -0.25) is 9.78 Å². The second kappa shape index (κ2) is 6.20. The van der Waals surface area contributed by atoms with Crippen LogP contribution in [0.1, 0.15) is 23.2 Å². The summed E-state index contributed by atoms with van der Waals surface area (Å²) in [7, 11) is 1.20. The smallest absolute Gasteiger partial charge is 0.310 e. The summed E-state index contributed by atoms with van der Waals surface area (Å²) in [6, 6.07) is 0. The molecular formula is C10H11F2IN2O2. The summed E-state index contributed by atoms with van der Waals surface area (Å²) in [5.74, 6) is -0.592. The van der Waals surface area contributed by atoms with Crippen LogP contribution in [0.5, 0.6) is 0 Å². The molecule has 0 aromatic carbocycles. The molecule has 1 heterocycles. The summed E-state index contributed by atoms with van der Waals surface area (Å²) in [6.07, 6.45) is -1.59. The first-order chi connectivity index (χ1) is 8.01. The van der Waals surface area contributed by atoms with Crippen LogP contribution in [0, 0.1) is 3.57 Å². The summed E-state index contributed by atoms with van der Waals surface area (Å²) in [4.78, 5) is 15.2. The zero-order chi connectivity index (χ0) is 13.0. The highest BCUT2D eigenvalue weighted by Gasteiger charge is 2.22. The van der Waals surface area contributed by atoms with Gasteiger partial charge in [0.2, 0.25) is 0 Å². The highest BCUT2D eigenvalue weighted by atomic mass is 127. The lowest BCUT2D eigenvalue weighted by atomic mass is 10.0. The SMILES string of the molecule is COC(=O)Cc1c(CN)ncc(I)c1C(F)F. The minimum absolute atomic E-state index is 0.00294. The number of esters is 1. The van der Waals surface area contributed by atoms with E-state index in [4.69, 9.17) is 5.73 Å². The third-order valence-corrected chi connectivity index (χ3v) is 3.08. The molecule has 1 aromatic rings. The molecule has 0 aliphatic heterocycles. The van der Waals surface area contributed by atoms with Crippen LogP contribution in [0.4, 0.5) is 8.78 Å². The van der Waals surface area contributed by atoms with Gasteiger partial charge in [0.25, 0.3) is 6.43 Å². The van der Waals surface area contributed by atoms with Gasteiger partial charge in [0.05, 0.1) is 19.2 Å². The van der Waals surface area contributed by atoms with Gasteiger partial charge in [-0.2, -0.15) is 0 Å². The monoisotopic (exact) mass is 356 g/mol. The van der Waals surface area contributed by atoms with Gasteiger partial charge < -0.3 is 10.5 Å². The summed E-state index contributed by atoms with van der Waals surface area (Å²) in [5, 5.41) is 0. The molecule has 94 valence electrons. The molecular weight excluding hydrogens is 345 g/mol. The van der Waals surface area contributed by atoms with Gasteiger partial charge in [0, 0.05) is 21.9 Å². The molecule has 0 bridgehead atoms. The van der Waals surface area contributed by atoms with Crippen molar-refractivity contribution < 1.29 is 18.3 Å². The normalized spacial score (nSPS) is 10.7. The average Bonchev–Trinajstić information content (AvgIpc) is 2.28. The maximum absolute atomic E-state index is 12.9. The summed E-state index contributed by atoms with van der Waals surface area (Å²) < 4.78 is 30.7. The fourth-order valence-electron chi connectivity index (χ4n) is 1.41. The van der Waals surface area contributed by atoms with Gasteiger partial charge in [-0.15, -0.1) is 0 Å². The molecule has 1 aromatic heterocycles. The van der Waals surface area contributed by atoms with Crippen LogP contribution in [-0.2, 0) is 22.5 Å². The predicted octanol–water partition coefficient (Wildman–Crippen LogP) is 1.80. The topological polar surface area (TPSA) is 65.2 Å². The number of halogens is 3. The zero-order valence-corrected chi connectivity index (χ0v) is 11.2. The van der Waals surface area contributed by atoms with Crippen molar-refractivity contribution in [3.63, 3.8) is 0 Å². The van der Waals surface area contributed by atoms with Crippen molar-refractivity contribution in [3.8, 4) is 0 Å². The molecule has 0 unspecified atom stereocenters. The first-order valence-electron chi connectivity index (χ1n) is 4.72. The minimum atomic E-state index is -2.67. The number of carbonyl (C=O) groups is 1. The highest BCUT2D eigenvalue weighted by molar-refractivity contribution is 14.1. The Hall–Kier alpha value is -0.830. The largest absolute Gasteiger partial charge is 0.469 e. The van der Waals surface area contributed by atoms with Gasteiger partial charge in [-0.05, 0) is 28.2 Å². The van der Waals surface area contributed by atoms with Crippen LogP contribution in [0.3, 0.4) is 0 Å². The van der Waals surface area contributed by atoms with Crippen molar-refractivity contribution in [2.24, 2.45) is 5.73 Å². The van der Waals surface area contributed by atoms with E-state index >= 15 is 0 Å². The maximum Gasteiger partial charge on any atom is 0.310 e. The van der Waals surface area contributed by atoms with Crippen molar-refractivity contribution in [1.82, 2.24) is 4.98 Å². The third-order valence-electron chi connectivity index (χ3n) is 2.22. The highest BCUT2D eigenvalue weighted by Crippen LogP contribution is 2.29. The van der Waals surface area contributed by atoms with E-state index in [0.717, 1.165) is 0 Å². The molecule has 17 heavy (non-hydrogen) atoms. The van der Waals surface area contributed by atoms with E-state index in [1.807, 2.05) is 0 Å². The molecule has 2 N–H and O–H groups in total. The Bertz CT molecular complexity index is 427. The number of nitrogens with two attached hydrogens (primary N) is 1. The molecule has 0 spiro atoms. The molecule has 0 atom stereocenters. The van der Waals surface area contributed by atoms with Gasteiger partial charge in [0.1, 0.15) is 0 Å². The first-order valence-corrected chi connectivity index (χ1v) is 5.80. The Morgan fingerprint density at radius 2 is 2.29 bits per heavy atom. The van der Waals surface area contributed by atoms with E-state index in [-0.39, 0.29) is 24.1 Å². The Morgan fingerprint density at radius 1 is 1.65 bits per heavy atom. The Morgan fingerprint density at radius 3 is 2.76 bits per heavy atom. The van der Waals surface area contributed by atoms with E-state index in [9.17, 15) is 13.6 Å². The molecule has 0 fully saturated rings. The van der Waals surface area contributed by atoms with Crippen molar-refractivity contribution in [3.05, 3.63) is 26.6 Å². The summed E-state index contributed by atoms with van der Waals surface area (Å²) >= 11 is 1.76. The average molecular weight is 356 g/mol. The molecule has 0 saturated carbocycles. The van der Waals surface area contributed by atoms with Crippen molar-refractivity contribution >= 4 is 28.6 Å². The van der Waals surface area contributed by atoms with Crippen LogP contribution in [-0.4, -0.2) is 18.1 Å². The Balaban J connectivity index is 3.29. The standard InChI is InChI=1S/C10H11F2IN2O2/c1-17-8(16)2-5-7(3-14)15-4-6(13)9(5)10(11)12/h4,10H,2-3,14H2,1H3. The van der Waals surface area contributed by atoms with Gasteiger partial charge in [-0.25, -0.2) is 8.78 Å². The van der Waals surface area contributed by atoms with Crippen LogP contribution in [0.2, 0.25) is 0 Å². The molecule has 0 amide bonds. The lowest BCUT2D eigenvalue weighted by Gasteiger charge is -2.13. The third kappa shape index (κ3) is 3.32. The Labute approximate surface area is 111 Å². The number of rotatable bonds is 4. The molecule has 7 heteroatoms. The number of ether oxygens (including phenoxy) is 1. The zero-order valence-electron chi connectivity index (χ0n) is 9.04. The molecule has 0 saturated heterocycles. The van der Waals surface area contributed by atoms with Gasteiger partial charge in [-0.1, -0.05) is 0 Å². The van der Waals surface area contributed by atoms with Crippen LogP contribution >= 0.6 is 22.6 Å². The molecule has 4 nitrogen and oxygen atoms in total. The quantitative estimate of drug-likeness (QED) is 0.660. The van der Waals surface area contributed by atoms with Crippen LogP contribution < -0.4 is 5.73 Å². The van der Waals surface area contributed by atoms with Gasteiger partial charge >= 0.3 is 5.97 Å². The fraction of sp³-hybridized carbons (Fsp3) is 0.400. The minimum Gasteiger partial charge on any atom is -0.469 e. The number of alkyl halides is 2. The van der Waals surface area contributed by atoms with E-state index < -0.39 is 12.4 Å². The van der Waals surface area contributed by atoms with Crippen LogP contribution in [0.25, 0.3) is 0 Å². The van der Waals surface area contributed by atoms with Gasteiger partial charge in [0.15, 0.2) is 0 Å². The lowest BCUT2D eigenvalue weighted by Crippen LogP contribution is -2.14. The number of nitrogens with zero attached hydrogens (tertiary/aromatic N) is 1. The number of hydrogen-bond donors (Lipinski definition) is 1. The van der Waals surface area contributed by atoms with Crippen molar-refractivity contribution in [1.29, 1.82) is 0 Å². The number of pyridine rings is 1. The van der Waals surface area contributed by atoms with E-state index in [1.165, 1.54) is 13.3 Å². The number of hydrogen-bond acceptors (Lipinski definition) is 4. The number of methoxy groups -OCH3 is 1. The molecule has 1 rings (SSSR count). The maximum atomic E-state index is 12.9. The molecule has 0 aliphatic carbocycles. The van der Waals surface area contributed by atoms with E-state index in [2.05, 4.69) is 9.72 Å². The molecule has 0 radical (unpaired) electrons. The van der Waals surface area contributed by atoms with Crippen molar-refractivity contribution in [2.75, 3.05) is 7.11 Å². The summed E-state index contributed by atoms with van der Waals surface area (Å²) in [5.41, 5.74) is 5.70. The van der Waals surface area contributed by atoms with Crippen LogP contribution in [0.15, 0.2) is 6.20 Å². The predicted molar refractivity (Wildman–Crippen MR) is 65.5 cm³/mol. The fourth-order valence-corrected chi connectivity index (χ4v) is 2.11. The second-order valence-corrected chi connectivity index (χ2v) is 4.36. The number of carbonyl (C=O) groups excluding carboxylic acids is 1. The van der Waals surface area contributed by atoms with Crippen molar-refractivity contribution in [2.45, 2.75) is 19.4 Å². The Kier molecular flexibility index (Phi) is 5.19. The second-order valence-electron chi connectivity index (χ2n) is 3.20. The van der Waals surface area contributed by atoms with E-state index in [0.29, 0.717) is 9.26 Å². The number of aromatic nitrogens is 1. The first kappa shape index (κ1) is 14.2. The summed E-state index contributed by atoms with van der Waals surface area (Å²) in [6.45, 7) is 0.00294.